The third-order valence-corrected chi connectivity index (χ3v) is 19.8. The number of carbonyl (C=O) groups excluding carboxylic acids is 2. The molecule has 0 spiro atoms. The molecule has 0 fully saturated rings. The number of amides is 1. The Labute approximate surface area is 668 Å². The first-order chi connectivity index (χ1) is 50.6. The maximum Gasteiger partial charge on any atom is 1.00 e. The molecule has 0 aliphatic carbocycles. The predicted molar refractivity (Wildman–Crippen MR) is 397 cm³/mol. The average Bonchev–Trinajstić information content (AvgIpc) is 1.61. The van der Waals surface area contributed by atoms with E-state index in [9.17, 15) is 26.9 Å². The van der Waals surface area contributed by atoms with Crippen LogP contribution in [0.2, 0.25) is 0 Å². The van der Waals surface area contributed by atoms with Crippen LogP contribution in [0.15, 0.2) is 234 Å². The predicted octanol–water partition coefficient (Wildman–Crippen LogP) is 4.72. The van der Waals surface area contributed by atoms with E-state index in [-0.39, 0.29) is 76.8 Å². The minimum Gasteiger partial charge on any atom is -1.00 e. The summed E-state index contributed by atoms with van der Waals surface area (Å²) in [4.78, 5) is 46.3. The van der Waals surface area contributed by atoms with Crippen LogP contribution in [-0.4, -0.2) is 113 Å². The molecule has 0 saturated heterocycles. The van der Waals surface area contributed by atoms with Crippen molar-refractivity contribution in [2.75, 3.05) is 28.4 Å². The number of methoxy groups -OCH3 is 4. The van der Waals surface area contributed by atoms with Crippen molar-refractivity contribution < 1.29 is 126 Å². The van der Waals surface area contributed by atoms with Crippen LogP contribution in [-0.2, 0) is 29.7 Å². The SMILES string of the molecule is COc1cc(-c2c[nH]c3ncccc23)ccc1C#N.COc1cc(-c2c[nH]c3ncccc23)ccc1C(N)=O.COc1cc(-c2cn(S(=O)(=O)c3ccc(C)cc3)c3ncccc23)ccc1C#N.COc1cc(B(O)O)ccc1C#N.Cc1ccc(S(=O)(=O)n2cc(Br)c3cccnc32)cc1.O=CO[O-].[H-].[Na+].[Na+]. The number of rotatable bonds is 14. The second kappa shape index (κ2) is 38.3. The third kappa shape index (κ3) is 19.4. The second-order valence-electron chi connectivity index (χ2n) is 22.2. The zero-order valence-electron chi connectivity index (χ0n) is 59.5. The summed E-state index contributed by atoms with van der Waals surface area (Å²) < 4.78 is 75.7. The van der Waals surface area contributed by atoms with Gasteiger partial charge in [-0.05, 0) is 173 Å². The molecule has 8 heterocycles. The molecular formula is C75H62BBrN12Na2O14S2. The smallest absolute Gasteiger partial charge is 1.00 e. The molecule has 0 radical (unpaired) electrons. The van der Waals surface area contributed by atoms with Crippen molar-refractivity contribution in [2.45, 2.75) is 23.6 Å². The van der Waals surface area contributed by atoms with Gasteiger partial charge in [0.05, 0.1) is 60.5 Å². The standard InChI is InChI=1S/C22H17N3O3S.C15H13N3O2.C15H11N3O.C14H11BrN2O2S.C8H8BNO3.CH2O3.2Na.H/c1-15-5-9-18(10-6-15)29(26,27)25-14-20(19-4-3-11-24-22(19)25)16-7-8-17(13-23)21(12-16)28-2;1-20-13-7-9(4-5-11(13)14(16)19)12-8-18-15-10(12)3-2-6-17-15;1-19-14-7-10(4-5-11(14)8-16)13-9-18-15-12(13)3-2-6-17-15;1-10-4-6-11(7-5-10)20(18,19)17-9-13(15)12-3-2-8-16-14(12)17;1-13-8-4-7(9(11)12)3-2-6(8)5-10;2-1-4-3;;;/h3-12,14H,1-2H3;2-8H,1H3,(H2,16,19)(H,17,18);2-7,9H,1H3,(H,17,18);2-9H,1H3;2-4,11-12H,1H3;1,3H;;;/q;;;;;;2*+1;-1/p-1. The van der Waals surface area contributed by atoms with Crippen molar-refractivity contribution in [1.29, 1.82) is 15.8 Å². The van der Waals surface area contributed by atoms with E-state index in [1.54, 1.807) is 135 Å². The van der Waals surface area contributed by atoms with Crippen molar-refractivity contribution in [3.63, 3.8) is 0 Å². The molecule has 8 aromatic heterocycles. The number of benzene rings is 6. The van der Waals surface area contributed by atoms with E-state index in [0.717, 1.165) is 66.4 Å². The van der Waals surface area contributed by atoms with Gasteiger partial charge in [-0.15, -0.1) is 0 Å². The number of nitriles is 3. The van der Waals surface area contributed by atoms with Gasteiger partial charge in [0.25, 0.3) is 32.4 Å². The van der Waals surface area contributed by atoms with E-state index in [4.69, 9.17) is 55.3 Å². The quantitative estimate of drug-likeness (QED) is 0.0425. The largest absolute Gasteiger partial charge is 1.00 e. The zero-order chi connectivity index (χ0) is 75.5. The molecule has 0 bridgehead atoms. The minimum absolute atomic E-state index is 0. The van der Waals surface area contributed by atoms with Crippen LogP contribution in [0, 0.1) is 47.8 Å². The fourth-order valence-corrected chi connectivity index (χ4v) is 13.9. The molecule has 107 heavy (non-hydrogen) atoms. The van der Waals surface area contributed by atoms with Gasteiger partial charge in [-0.25, -0.2) is 44.7 Å². The summed E-state index contributed by atoms with van der Waals surface area (Å²) in [6.07, 6.45) is 13.5. The van der Waals surface area contributed by atoms with Gasteiger partial charge in [0, 0.05) is 92.3 Å². The molecule has 14 rings (SSSR count). The molecule has 530 valence electrons. The van der Waals surface area contributed by atoms with Gasteiger partial charge in [-0.1, -0.05) is 59.7 Å². The number of pyridine rings is 4. The van der Waals surface area contributed by atoms with Gasteiger partial charge >= 0.3 is 66.2 Å². The Kier molecular flexibility index (Phi) is 29.8. The molecule has 0 aliphatic heterocycles. The number of hydrogen-bond acceptors (Lipinski definition) is 21. The van der Waals surface area contributed by atoms with E-state index >= 15 is 0 Å². The van der Waals surface area contributed by atoms with E-state index in [2.05, 4.69) is 62.9 Å². The fraction of sp³-hybridized carbons (Fsp3) is 0.0800. The molecule has 26 nitrogen and oxygen atoms in total. The topological polar surface area (TPSA) is 402 Å². The zero-order valence-corrected chi connectivity index (χ0v) is 65.7. The molecular weight excluding hydrogens is 1490 g/mol. The van der Waals surface area contributed by atoms with Crippen molar-refractivity contribution in [3.05, 3.63) is 257 Å². The van der Waals surface area contributed by atoms with Crippen LogP contribution >= 0.6 is 15.9 Å². The number of ether oxygens (including phenoxy) is 4. The summed E-state index contributed by atoms with van der Waals surface area (Å²) in [5.41, 5.74) is 17.1. The van der Waals surface area contributed by atoms with Crippen LogP contribution in [0.3, 0.4) is 0 Å². The minimum atomic E-state index is -3.83. The van der Waals surface area contributed by atoms with E-state index < -0.39 is 33.1 Å². The number of nitrogens with zero attached hydrogens (tertiary/aromatic N) is 9. The third-order valence-electron chi connectivity index (χ3n) is 15.8. The monoisotopic (exact) mass is 1550 g/mol. The van der Waals surface area contributed by atoms with E-state index in [1.165, 1.54) is 53.7 Å². The van der Waals surface area contributed by atoms with Gasteiger partial charge in [-0.2, -0.15) is 15.8 Å². The first kappa shape index (κ1) is 83.3. The molecule has 0 aliphatic rings. The van der Waals surface area contributed by atoms with Crippen molar-refractivity contribution >= 4 is 105 Å². The van der Waals surface area contributed by atoms with E-state index in [1.807, 2.05) is 86.9 Å². The van der Waals surface area contributed by atoms with Crippen LogP contribution < -0.4 is 94.5 Å². The number of carbonyl (C=O) groups is 2. The first-order valence-electron chi connectivity index (χ1n) is 31.0. The summed E-state index contributed by atoms with van der Waals surface area (Å²) in [6, 6.07) is 54.9. The Morgan fingerprint density at radius 3 is 1.34 bits per heavy atom. The van der Waals surface area contributed by atoms with Gasteiger partial charge in [0.1, 0.15) is 52.5 Å². The number of aryl methyl sites for hydroxylation is 2. The van der Waals surface area contributed by atoms with Crippen LogP contribution in [0.5, 0.6) is 23.0 Å². The van der Waals surface area contributed by atoms with Crippen LogP contribution in [0.25, 0.3) is 77.5 Å². The second-order valence-corrected chi connectivity index (χ2v) is 26.7. The number of nitrogens with two attached hydrogens (primary N) is 1. The van der Waals surface area contributed by atoms with Crippen LogP contribution in [0.1, 0.15) is 39.6 Å². The molecule has 1 amide bonds. The van der Waals surface area contributed by atoms with Gasteiger partial charge in [-0.3, -0.25) is 9.59 Å². The molecule has 14 aromatic rings. The normalized spacial score (nSPS) is 10.4. The molecule has 0 saturated carbocycles. The summed E-state index contributed by atoms with van der Waals surface area (Å²) in [7, 11) is -3.01. The number of aromatic nitrogens is 8. The number of halogens is 1. The van der Waals surface area contributed by atoms with Crippen molar-refractivity contribution in [1.82, 2.24) is 37.8 Å². The number of fused-ring (bicyclic) bond motifs is 4. The van der Waals surface area contributed by atoms with E-state index in [0.29, 0.717) is 77.4 Å². The Morgan fingerprint density at radius 2 is 0.916 bits per heavy atom. The van der Waals surface area contributed by atoms with Crippen molar-refractivity contribution in [2.24, 2.45) is 5.73 Å². The maximum absolute atomic E-state index is 13.3. The Bertz CT molecular complexity index is 5870. The number of primary amides is 1. The summed E-state index contributed by atoms with van der Waals surface area (Å²) in [6.45, 7) is 3.64. The van der Waals surface area contributed by atoms with Crippen LogP contribution in [0.4, 0.5) is 0 Å². The summed E-state index contributed by atoms with van der Waals surface area (Å²) >= 11 is 3.37. The number of H-pyrrole nitrogens is 2. The Morgan fingerprint density at radius 1 is 0.542 bits per heavy atom. The van der Waals surface area contributed by atoms with Gasteiger partial charge in [0.2, 0.25) is 0 Å². The Hall–Kier alpha value is -11.0. The molecule has 0 unspecified atom stereocenters. The molecule has 6 aromatic carbocycles. The molecule has 6 N–H and O–H groups in total. The number of hydrogen-bond donors (Lipinski definition) is 5. The molecule has 0 atom stereocenters. The first-order valence-corrected chi connectivity index (χ1v) is 34.6. The Balaban J connectivity index is 0.000000211. The van der Waals surface area contributed by atoms with Gasteiger partial charge in [0.15, 0.2) is 11.3 Å². The van der Waals surface area contributed by atoms with Crippen molar-refractivity contribution in [3.8, 4) is 74.6 Å². The number of aromatic amines is 2. The van der Waals surface area contributed by atoms with Gasteiger partial charge < -0.3 is 56.3 Å². The number of nitrogens with one attached hydrogen (secondary N) is 2. The maximum atomic E-state index is 13.3. The average molecular weight is 1560 g/mol. The molecule has 32 heteroatoms. The fourth-order valence-electron chi connectivity index (χ4n) is 10.6. The summed E-state index contributed by atoms with van der Waals surface area (Å²) in [5, 5.41) is 56.4. The summed E-state index contributed by atoms with van der Waals surface area (Å²) in [5.74, 6) is 1.31.